The summed E-state index contributed by atoms with van der Waals surface area (Å²) in [6.45, 7) is 8.20. The topological polar surface area (TPSA) is 12.0 Å². The van der Waals surface area contributed by atoms with Crippen LogP contribution in [0.25, 0.3) is 0 Å². The molecule has 0 aromatic heterocycles. The third kappa shape index (κ3) is 6.29. The molecule has 0 aromatic rings. The normalized spacial score (nSPS) is 12.0. The fourth-order valence-electron chi connectivity index (χ4n) is 0.744. The van der Waals surface area contributed by atoms with Gasteiger partial charge in [-0.1, -0.05) is 20.8 Å². The van der Waals surface area contributed by atoms with Crippen LogP contribution in [0.4, 0.5) is 4.39 Å². The average molecular weight is 161 g/mol. The Kier molecular flexibility index (Phi) is 5.47. The molecular formula is C9H20FN. The summed E-state index contributed by atoms with van der Waals surface area (Å²) in [6.07, 6.45) is 1.80. The van der Waals surface area contributed by atoms with E-state index in [1.54, 1.807) is 0 Å². The number of halogens is 1. The minimum atomic E-state index is -0.209. The highest BCUT2D eigenvalue weighted by Gasteiger charge is 2.13. The van der Waals surface area contributed by atoms with Gasteiger partial charge in [-0.3, -0.25) is 4.39 Å². The molecule has 0 saturated carbocycles. The Morgan fingerprint density at radius 1 is 1.36 bits per heavy atom. The highest BCUT2D eigenvalue weighted by atomic mass is 19.1. The molecule has 0 rings (SSSR count). The van der Waals surface area contributed by atoms with Gasteiger partial charge in [0.05, 0.1) is 6.67 Å². The lowest BCUT2D eigenvalue weighted by molar-refractivity contribution is 0.324. The SMILES string of the molecule is CCC(C)(C)CNCCCF. The van der Waals surface area contributed by atoms with Crippen molar-refractivity contribution in [2.75, 3.05) is 19.8 Å². The van der Waals surface area contributed by atoms with E-state index in [0.29, 0.717) is 11.8 Å². The second-order valence-electron chi connectivity index (χ2n) is 3.74. The van der Waals surface area contributed by atoms with Crippen LogP contribution in [-0.2, 0) is 0 Å². The fraction of sp³-hybridized carbons (Fsp3) is 1.00. The first-order valence-electron chi connectivity index (χ1n) is 4.39. The Morgan fingerprint density at radius 3 is 2.45 bits per heavy atom. The van der Waals surface area contributed by atoms with E-state index in [4.69, 9.17) is 0 Å². The smallest absolute Gasteiger partial charge is 0.0906 e. The summed E-state index contributed by atoms with van der Waals surface area (Å²) in [6, 6.07) is 0. The van der Waals surface area contributed by atoms with Gasteiger partial charge < -0.3 is 5.32 Å². The lowest BCUT2D eigenvalue weighted by Gasteiger charge is -2.22. The van der Waals surface area contributed by atoms with Gasteiger partial charge in [-0.2, -0.15) is 0 Å². The molecule has 1 nitrogen and oxygen atoms in total. The fourth-order valence-corrected chi connectivity index (χ4v) is 0.744. The molecule has 0 aliphatic heterocycles. The van der Waals surface area contributed by atoms with Gasteiger partial charge in [0.25, 0.3) is 0 Å². The minimum Gasteiger partial charge on any atom is -0.316 e. The first-order chi connectivity index (χ1) is 5.12. The zero-order valence-electron chi connectivity index (χ0n) is 7.91. The summed E-state index contributed by atoms with van der Waals surface area (Å²) >= 11 is 0. The van der Waals surface area contributed by atoms with Gasteiger partial charge >= 0.3 is 0 Å². The van der Waals surface area contributed by atoms with E-state index in [9.17, 15) is 4.39 Å². The Morgan fingerprint density at radius 2 is 2.00 bits per heavy atom. The van der Waals surface area contributed by atoms with Crippen LogP contribution in [0.3, 0.4) is 0 Å². The Hall–Kier alpha value is -0.110. The van der Waals surface area contributed by atoms with Gasteiger partial charge in [0, 0.05) is 6.54 Å². The van der Waals surface area contributed by atoms with Crippen molar-refractivity contribution in [2.45, 2.75) is 33.6 Å². The average Bonchev–Trinajstić information content (AvgIpc) is 1.99. The predicted molar refractivity (Wildman–Crippen MR) is 47.5 cm³/mol. The molecule has 0 unspecified atom stereocenters. The molecule has 0 aliphatic rings. The maximum Gasteiger partial charge on any atom is 0.0906 e. The van der Waals surface area contributed by atoms with Crippen LogP contribution >= 0.6 is 0 Å². The standard InChI is InChI=1S/C9H20FN/c1-4-9(2,3)8-11-7-5-6-10/h11H,4-8H2,1-3H3. The van der Waals surface area contributed by atoms with E-state index in [1.807, 2.05) is 0 Å². The lowest BCUT2D eigenvalue weighted by Crippen LogP contribution is -2.29. The third-order valence-corrected chi connectivity index (χ3v) is 2.05. The molecular weight excluding hydrogens is 141 g/mol. The molecule has 0 spiro atoms. The van der Waals surface area contributed by atoms with Crippen molar-refractivity contribution >= 4 is 0 Å². The molecule has 0 heterocycles. The van der Waals surface area contributed by atoms with Gasteiger partial charge in [0.1, 0.15) is 0 Å². The number of rotatable bonds is 6. The monoisotopic (exact) mass is 161 g/mol. The predicted octanol–water partition coefficient (Wildman–Crippen LogP) is 2.37. The first-order valence-corrected chi connectivity index (χ1v) is 4.39. The quantitative estimate of drug-likeness (QED) is 0.590. The van der Waals surface area contributed by atoms with Gasteiger partial charge in [-0.15, -0.1) is 0 Å². The molecule has 0 atom stereocenters. The molecule has 1 N–H and O–H groups in total. The Balaban J connectivity index is 3.23. The third-order valence-electron chi connectivity index (χ3n) is 2.05. The second-order valence-corrected chi connectivity index (χ2v) is 3.74. The van der Waals surface area contributed by atoms with Crippen LogP contribution < -0.4 is 5.32 Å². The highest BCUT2D eigenvalue weighted by Crippen LogP contribution is 2.17. The molecule has 0 aromatic carbocycles. The highest BCUT2D eigenvalue weighted by molar-refractivity contribution is 4.68. The van der Waals surface area contributed by atoms with Crippen LogP contribution in [0.2, 0.25) is 0 Å². The van der Waals surface area contributed by atoms with Gasteiger partial charge in [0.15, 0.2) is 0 Å². The number of hydrogen-bond donors (Lipinski definition) is 1. The minimum absolute atomic E-state index is 0.209. The molecule has 0 amide bonds. The van der Waals surface area contributed by atoms with Crippen LogP contribution in [0.5, 0.6) is 0 Å². The molecule has 0 fully saturated rings. The zero-order chi connectivity index (χ0) is 8.74. The molecule has 0 saturated heterocycles. The van der Waals surface area contributed by atoms with Crippen LogP contribution in [-0.4, -0.2) is 19.8 Å². The van der Waals surface area contributed by atoms with Crippen LogP contribution in [0, 0.1) is 5.41 Å². The second kappa shape index (κ2) is 5.53. The van der Waals surface area contributed by atoms with Crippen molar-refractivity contribution in [1.82, 2.24) is 5.32 Å². The number of alkyl halides is 1. The van der Waals surface area contributed by atoms with Crippen molar-refractivity contribution in [1.29, 1.82) is 0 Å². The summed E-state index contributed by atoms with van der Waals surface area (Å²) in [5.41, 5.74) is 0.357. The zero-order valence-corrected chi connectivity index (χ0v) is 7.91. The van der Waals surface area contributed by atoms with E-state index >= 15 is 0 Å². The van der Waals surface area contributed by atoms with Crippen molar-refractivity contribution in [3.05, 3.63) is 0 Å². The summed E-state index contributed by atoms with van der Waals surface area (Å²) in [7, 11) is 0. The first kappa shape index (κ1) is 10.9. The van der Waals surface area contributed by atoms with E-state index in [-0.39, 0.29) is 6.67 Å². The van der Waals surface area contributed by atoms with E-state index in [2.05, 4.69) is 26.1 Å². The maximum absolute atomic E-state index is 11.7. The molecule has 2 heteroatoms. The number of hydrogen-bond acceptors (Lipinski definition) is 1. The molecule has 68 valence electrons. The Bertz CT molecular complexity index is 91.6. The van der Waals surface area contributed by atoms with Gasteiger partial charge in [-0.25, -0.2) is 0 Å². The summed E-state index contributed by atoms with van der Waals surface area (Å²) < 4.78 is 11.7. The van der Waals surface area contributed by atoms with E-state index in [1.165, 1.54) is 0 Å². The summed E-state index contributed by atoms with van der Waals surface area (Å²) in [4.78, 5) is 0. The number of nitrogens with one attached hydrogen (secondary N) is 1. The molecule has 0 aliphatic carbocycles. The van der Waals surface area contributed by atoms with Gasteiger partial charge in [-0.05, 0) is 24.8 Å². The molecule has 11 heavy (non-hydrogen) atoms. The van der Waals surface area contributed by atoms with Crippen LogP contribution in [0.1, 0.15) is 33.6 Å². The van der Waals surface area contributed by atoms with E-state index < -0.39 is 0 Å². The van der Waals surface area contributed by atoms with Crippen molar-refractivity contribution in [3.63, 3.8) is 0 Å². The largest absolute Gasteiger partial charge is 0.316 e. The van der Waals surface area contributed by atoms with Crippen molar-refractivity contribution in [2.24, 2.45) is 5.41 Å². The van der Waals surface area contributed by atoms with E-state index in [0.717, 1.165) is 19.5 Å². The maximum atomic E-state index is 11.7. The molecule has 0 radical (unpaired) electrons. The van der Waals surface area contributed by atoms with Crippen molar-refractivity contribution in [3.8, 4) is 0 Å². The molecule has 0 bridgehead atoms. The summed E-state index contributed by atoms with van der Waals surface area (Å²) in [5, 5.41) is 3.24. The summed E-state index contributed by atoms with van der Waals surface area (Å²) in [5.74, 6) is 0. The van der Waals surface area contributed by atoms with Crippen molar-refractivity contribution < 1.29 is 4.39 Å². The van der Waals surface area contributed by atoms with Gasteiger partial charge in [0.2, 0.25) is 0 Å². The Labute approximate surface area is 69.4 Å². The van der Waals surface area contributed by atoms with Crippen LogP contribution in [0.15, 0.2) is 0 Å². The lowest BCUT2D eigenvalue weighted by atomic mass is 9.90.